The maximum atomic E-state index is 13.8. The van der Waals surface area contributed by atoms with Crippen LogP contribution in [-0.2, 0) is 23.6 Å². The molecule has 3 aromatic rings. The first-order valence-electron chi connectivity index (χ1n) is 11.5. The van der Waals surface area contributed by atoms with E-state index in [2.05, 4.69) is 15.5 Å². The highest BCUT2D eigenvalue weighted by molar-refractivity contribution is 7.90. The number of hydrogen-bond acceptors (Lipinski definition) is 8. The Hall–Kier alpha value is -3.89. The zero-order valence-corrected chi connectivity index (χ0v) is 21.3. The Kier molecular flexibility index (Phi) is 6.98. The Labute approximate surface area is 212 Å². The Bertz CT molecular complexity index is 1590. The zero-order valence-electron chi connectivity index (χ0n) is 20.5. The van der Waals surface area contributed by atoms with E-state index in [-0.39, 0.29) is 35.7 Å². The molecule has 4 rings (SSSR count). The topological polar surface area (TPSA) is 147 Å². The van der Waals surface area contributed by atoms with Gasteiger partial charge in [0.05, 0.1) is 11.8 Å². The molecule has 1 amide bonds. The third kappa shape index (κ3) is 4.77. The molecule has 0 spiro atoms. The molecular formula is C24H25FN6O5S. The summed E-state index contributed by atoms with van der Waals surface area (Å²) in [6.07, 6.45) is 2.26. The van der Waals surface area contributed by atoms with Gasteiger partial charge in [-0.2, -0.15) is 10.4 Å². The minimum absolute atomic E-state index is 0.0160. The van der Waals surface area contributed by atoms with Gasteiger partial charge < -0.3 is 14.6 Å². The van der Waals surface area contributed by atoms with Gasteiger partial charge in [0.2, 0.25) is 10.0 Å². The van der Waals surface area contributed by atoms with E-state index in [1.165, 1.54) is 47.4 Å². The summed E-state index contributed by atoms with van der Waals surface area (Å²) in [6.45, 7) is 1.87. The standard InChI is InChI=1S/C24H25FN6O5S/c1-4-30(2)37(34,35)24(7-8-24)14-36-22-20-17(13-28-29-22)10-18(23(33)31(20)3)21(32)27-12-15-5-6-16(11-26)19(25)9-15/h5-6,9-10,13H,4,7-8,12,14H2,1-3H3,(H,27,32). The summed E-state index contributed by atoms with van der Waals surface area (Å²) in [5, 5.41) is 19.6. The van der Waals surface area contributed by atoms with Crippen molar-refractivity contribution >= 4 is 26.8 Å². The first-order chi connectivity index (χ1) is 17.5. The third-order valence-electron chi connectivity index (χ3n) is 6.53. The highest BCUT2D eigenvalue weighted by Crippen LogP contribution is 2.45. The van der Waals surface area contributed by atoms with Crippen molar-refractivity contribution in [1.29, 1.82) is 5.26 Å². The molecule has 1 aliphatic carbocycles. The first kappa shape index (κ1) is 26.2. The number of carbonyl (C=O) groups excluding carboxylic acids is 1. The predicted molar refractivity (Wildman–Crippen MR) is 132 cm³/mol. The van der Waals surface area contributed by atoms with Gasteiger partial charge in [0.15, 0.2) is 0 Å². The summed E-state index contributed by atoms with van der Waals surface area (Å²) in [5.41, 5.74) is -0.230. The molecule has 0 bridgehead atoms. The molecule has 1 aromatic carbocycles. The van der Waals surface area contributed by atoms with Crippen molar-refractivity contribution in [2.24, 2.45) is 7.05 Å². The molecule has 1 N–H and O–H groups in total. The summed E-state index contributed by atoms with van der Waals surface area (Å²) in [4.78, 5) is 25.8. The van der Waals surface area contributed by atoms with E-state index in [0.29, 0.717) is 30.3 Å². The lowest BCUT2D eigenvalue weighted by atomic mass is 10.1. The lowest BCUT2D eigenvalue weighted by Gasteiger charge is -2.23. The van der Waals surface area contributed by atoms with Crippen LogP contribution in [0.4, 0.5) is 4.39 Å². The number of hydrogen-bond donors (Lipinski definition) is 1. The number of halogens is 1. The molecule has 1 fully saturated rings. The van der Waals surface area contributed by atoms with Crippen LogP contribution in [0.25, 0.3) is 10.9 Å². The number of fused-ring (bicyclic) bond motifs is 1. The van der Waals surface area contributed by atoms with E-state index in [1.54, 1.807) is 13.0 Å². The second-order valence-corrected chi connectivity index (χ2v) is 11.3. The van der Waals surface area contributed by atoms with Crippen LogP contribution >= 0.6 is 0 Å². The molecule has 1 saturated carbocycles. The van der Waals surface area contributed by atoms with Crippen LogP contribution in [0.2, 0.25) is 0 Å². The van der Waals surface area contributed by atoms with Crippen LogP contribution < -0.4 is 15.6 Å². The van der Waals surface area contributed by atoms with Gasteiger partial charge in [0.25, 0.3) is 17.3 Å². The smallest absolute Gasteiger partial charge is 0.263 e. The van der Waals surface area contributed by atoms with Crippen molar-refractivity contribution in [3.05, 3.63) is 63.3 Å². The van der Waals surface area contributed by atoms with Gasteiger partial charge in [-0.1, -0.05) is 13.0 Å². The van der Waals surface area contributed by atoms with E-state index >= 15 is 0 Å². The third-order valence-corrected chi connectivity index (χ3v) is 9.23. The fourth-order valence-electron chi connectivity index (χ4n) is 3.93. The number of nitrogens with one attached hydrogen (secondary N) is 1. The van der Waals surface area contributed by atoms with E-state index in [1.807, 2.05) is 0 Å². The number of sulfonamides is 1. The molecule has 1 aliphatic rings. The molecule has 0 aliphatic heterocycles. The number of amides is 1. The number of aryl methyl sites for hydroxylation is 1. The SMILES string of the molecule is CCN(C)S(=O)(=O)C1(COc2nncc3cc(C(=O)NCc4ccc(C#N)c(F)c4)c(=O)n(C)c23)CC1. The van der Waals surface area contributed by atoms with Crippen LogP contribution in [0.5, 0.6) is 5.88 Å². The average molecular weight is 529 g/mol. The van der Waals surface area contributed by atoms with Crippen LogP contribution in [0, 0.1) is 17.1 Å². The monoisotopic (exact) mass is 528 g/mol. The number of nitriles is 1. The summed E-state index contributed by atoms with van der Waals surface area (Å²) >= 11 is 0. The van der Waals surface area contributed by atoms with Crippen LogP contribution in [0.3, 0.4) is 0 Å². The molecule has 37 heavy (non-hydrogen) atoms. The van der Waals surface area contributed by atoms with Gasteiger partial charge in [0, 0.05) is 32.6 Å². The number of carbonyl (C=O) groups is 1. The molecule has 11 nitrogen and oxygen atoms in total. The number of ether oxygens (including phenoxy) is 1. The minimum atomic E-state index is -3.57. The van der Waals surface area contributed by atoms with Gasteiger partial charge in [-0.3, -0.25) is 9.59 Å². The van der Waals surface area contributed by atoms with Gasteiger partial charge in [0.1, 0.15) is 34.3 Å². The van der Waals surface area contributed by atoms with Crippen LogP contribution in [0.1, 0.15) is 41.3 Å². The molecule has 0 unspecified atom stereocenters. The average Bonchev–Trinajstić information content (AvgIpc) is 3.69. The largest absolute Gasteiger partial charge is 0.473 e. The Morgan fingerprint density at radius 1 is 1.35 bits per heavy atom. The zero-order chi connectivity index (χ0) is 27.0. The van der Waals surface area contributed by atoms with E-state index in [4.69, 9.17) is 10.00 Å². The van der Waals surface area contributed by atoms with Crippen molar-refractivity contribution in [1.82, 2.24) is 24.4 Å². The Morgan fingerprint density at radius 2 is 2.08 bits per heavy atom. The van der Waals surface area contributed by atoms with Crippen molar-refractivity contribution in [2.45, 2.75) is 31.1 Å². The molecule has 0 atom stereocenters. The molecule has 2 heterocycles. The second kappa shape index (κ2) is 9.87. The number of pyridine rings is 1. The van der Waals surface area contributed by atoms with Gasteiger partial charge in [-0.15, -0.1) is 5.10 Å². The maximum Gasteiger partial charge on any atom is 0.263 e. The molecule has 0 saturated heterocycles. The fourth-order valence-corrected chi connectivity index (χ4v) is 5.76. The number of aromatic nitrogens is 3. The predicted octanol–water partition coefficient (Wildman–Crippen LogP) is 1.46. The van der Waals surface area contributed by atoms with Crippen molar-refractivity contribution in [3.8, 4) is 11.9 Å². The summed E-state index contributed by atoms with van der Waals surface area (Å²) in [6, 6.07) is 7.03. The van der Waals surface area contributed by atoms with E-state index in [9.17, 15) is 22.4 Å². The van der Waals surface area contributed by atoms with Crippen molar-refractivity contribution in [2.75, 3.05) is 20.2 Å². The first-order valence-corrected chi connectivity index (χ1v) is 12.9. The van der Waals surface area contributed by atoms with Gasteiger partial charge in [-0.05, 0) is 36.6 Å². The lowest BCUT2D eigenvalue weighted by molar-refractivity contribution is 0.0949. The summed E-state index contributed by atoms with van der Waals surface area (Å²) in [7, 11) is -0.614. The number of nitrogens with zero attached hydrogens (tertiary/aromatic N) is 5. The summed E-state index contributed by atoms with van der Waals surface area (Å²) in [5.74, 6) is -1.40. The fraction of sp³-hybridized carbons (Fsp3) is 0.375. The quantitative estimate of drug-likeness (QED) is 0.439. The van der Waals surface area contributed by atoms with Crippen LogP contribution in [0.15, 0.2) is 35.3 Å². The normalized spacial score (nSPS) is 14.4. The van der Waals surface area contributed by atoms with Gasteiger partial charge in [-0.25, -0.2) is 17.1 Å². The summed E-state index contributed by atoms with van der Waals surface area (Å²) < 4.78 is 46.8. The van der Waals surface area contributed by atoms with Crippen molar-refractivity contribution < 1.29 is 22.3 Å². The lowest BCUT2D eigenvalue weighted by Crippen LogP contribution is -2.41. The van der Waals surface area contributed by atoms with Crippen LogP contribution in [-0.4, -0.2) is 58.3 Å². The molecule has 194 valence electrons. The molecule has 13 heteroatoms. The number of benzene rings is 1. The second-order valence-electron chi connectivity index (χ2n) is 8.88. The van der Waals surface area contributed by atoms with E-state index in [0.717, 1.165) is 6.07 Å². The molecule has 0 radical (unpaired) electrons. The molecule has 2 aromatic heterocycles. The molecular weight excluding hydrogens is 503 g/mol. The Balaban J connectivity index is 1.57. The highest BCUT2D eigenvalue weighted by atomic mass is 32.2. The van der Waals surface area contributed by atoms with E-state index < -0.39 is 32.1 Å². The Morgan fingerprint density at radius 3 is 2.70 bits per heavy atom. The number of rotatable bonds is 9. The van der Waals surface area contributed by atoms with Gasteiger partial charge >= 0.3 is 0 Å². The maximum absolute atomic E-state index is 13.8. The van der Waals surface area contributed by atoms with Crippen molar-refractivity contribution in [3.63, 3.8) is 0 Å². The highest BCUT2D eigenvalue weighted by Gasteiger charge is 2.57. The minimum Gasteiger partial charge on any atom is -0.473 e.